The Morgan fingerprint density at radius 3 is 2.67 bits per heavy atom. The lowest BCUT2D eigenvalue weighted by molar-refractivity contribution is -0.136. The van der Waals surface area contributed by atoms with Crippen LogP contribution in [0.15, 0.2) is 41.8 Å². The Kier molecular flexibility index (Phi) is 4.71. The molecule has 0 N–H and O–H groups in total. The maximum absolute atomic E-state index is 10.5. The lowest BCUT2D eigenvalue weighted by Gasteiger charge is -2.02. The average molecular weight is 227 g/mol. The Labute approximate surface area is 93.3 Å². The van der Waals surface area contributed by atoms with Gasteiger partial charge in [-0.05, 0) is 17.2 Å². The van der Waals surface area contributed by atoms with E-state index in [0.717, 1.165) is 5.56 Å². The molecule has 3 nitrogen and oxygen atoms in total. The second-order valence-corrected chi connectivity index (χ2v) is 3.18. The number of rotatable bonds is 4. The Bertz CT molecular complexity index is 346. The molecule has 0 saturated carbocycles. The van der Waals surface area contributed by atoms with Crippen molar-refractivity contribution in [1.82, 2.24) is 0 Å². The maximum atomic E-state index is 10.5. The maximum Gasteiger partial charge on any atom is 0.308 e. The van der Waals surface area contributed by atoms with Gasteiger partial charge in [0.25, 0.3) is 0 Å². The zero-order chi connectivity index (χ0) is 11.1. The minimum Gasteiger partial charge on any atom is -0.492 e. The van der Waals surface area contributed by atoms with Crippen LogP contribution in [-0.4, -0.2) is 5.97 Å². The SMILES string of the molecule is CC(=O)O/C(Cl)=C\OCc1ccccc1. The summed E-state index contributed by atoms with van der Waals surface area (Å²) in [5.41, 5.74) is 1.01. The first-order valence-electron chi connectivity index (χ1n) is 4.38. The average Bonchev–Trinajstić information content (AvgIpc) is 2.18. The van der Waals surface area contributed by atoms with E-state index < -0.39 is 5.97 Å². The van der Waals surface area contributed by atoms with E-state index in [1.54, 1.807) is 0 Å². The third kappa shape index (κ3) is 5.08. The molecule has 0 aromatic heterocycles. The third-order valence-electron chi connectivity index (χ3n) is 1.51. The number of carbonyl (C=O) groups is 1. The van der Waals surface area contributed by atoms with Gasteiger partial charge in [0.15, 0.2) is 0 Å². The first-order valence-corrected chi connectivity index (χ1v) is 4.76. The van der Waals surface area contributed by atoms with Crippen LogP contribution in [0.1, 0.15) is 12.5 Å². The molecule has 0 amide bonds. The molecule has 1 aromatic rings. The van der Waals surface area contributed by atoms with Crippen molar-refractivity contribution in [2.75, 3.05) is 0 Å². The third-order valence-corrected chi connectivity index (χ3v) is 1.68. The van der Waals surface area contributed by atoms with Crippen molar-refractivity contribution < 1.29 is 14.3 Å². The van der Waals surface area contributed by atoms with Gasteiger partial charge in [-0.2, -0.15) is 0 Å². The summed E-state index contributed by atoms with van der Waals surface area (Å²) in [4.78, 5) is 10.5. The second kappa shape index (κ2) is 6.09. The van der Waals surface area contributed by atoms with E-state index in [2.05, 4.69) is 4.74 Å². The Morgan fingerprint density at radius 1 is 1.40 bits per heavy atom. The van der Waals surface area contributed by atoms with E-state index >= 15 is 0 Å². The number of benzene rings is 1. The van der Waals surface area contributed by atoms with E-state index in [1.807, 2.05) is 30.3 Å². The number of hydrogen-bond acceptors (Lipinski definition) is 3. The summed E-state index contributed by atoms with van der Waals surface area (Å²) in [6.45, 7) is 1.66. The number of hydrogen-bond donors (Lipinski definition) is 0. The summed E-state index contributed by atoms with van der Waals surface area (Å²) < 4.78 is 9.66. The Morgan fingerprint density at radius 2 is 2.07 bits per heavy atom. The van der Waals surface area contributed by atoms with Gasteiger partial charge in [0.2, 0.25) is 5.22 Å². The van der Waals surface area contributed by atoms with E-state index in [1.165, 1.54) is 13.2 Å². The van der Waals surface area contributed by atoms with Crippen LogP contribution in [0.4, 0.5) is 0 Å². The zero-order valence-electron chi connectivity index (χ0n) is 8.27. The molecule has 0 unspecified atom stereocenters. The van der Waals surface area contributed by atoms with Crippen LogP contribution in [0, 0.1) is 0 Å². The molecular weight excluding hydrogens is 216 g/mol. The minimum atomic E-state index is -0.473. The molecule has 0 radical (unpaired) electrons. The van der Waals surface area contributed by atoms with Crippen molar-refractivity contribution >= 4 is 17.6 Å². The molecule has 0 aliphatic rings. The highest BCUT2D eigenvalue weighted by Crippen LogP contribution is 2.06. The van der Waals surface area contributed by atoms with Gasteiger partial charge in [-0.3, -0.25) is 4.79 Å². The topological polar surface area (TPSA) is 35.5 Å². The zero-order valence-corrected chi connectivity index (χ0v) is 9.03. The molecule has 0 bridgehead atoms. The molecule has 4 heteroatoms. The molecule has 0 aliphatic heterocycles. The summed E-state index contributed by atoms with van der Waals surface area (Å²) in [5.74, 6) is -0.473. The molecule has 15 heavy (non-hydrogen) atoms. The van der Waals surface area contributed by atoms with E-state index in [4.69, 9.17) is 16.3 Å². The fourth-order valence-electron chi connectivity index (χ4n) is 0.939. The summed E-state index contributed by atoms with van der Waals surface area (Å²) in [7, 11) is 0. The van der Waals surface area contributed by atoms with E-state index in [0.29, 0.717) is 6.61 Å². The number of ether oxygens (including phenoxy) is 2. The van der Waals surface area contributed by atoms with Crippen LogP contribution >= 0.6 is 11.6 Å². The predicted molar refractivity (Wildman–Crippen MR) is 56.9 cm³/mol. The van der Waals surface area contributed by atoms with Crippen LogP contribution in [0.5, 0.6) is 0 Å². The smallest absolute Gasteiger partial charge is 0.308 e. The standard InChI is InChI=1S/C11H11ClO3/c1-9(13)15-11(12)8-14-7-10-5-3-2-4-6-10/h2-6,8H,7H2,1H3/b11-8-. The van der Waals surface area contributed by atoms with Crippen molar-refractivity contribution in [1.29, 1.82) is 0 Å². The molecular formula is C11H11ClO3. The van der Waals surface area contributed by atoms with Gasteiger partial charge in [0, 0.05) is 6.92 Å². The Hall–Kier alpha value is -1.48. The summed E-state index contributed by atoms with van der Waals surface area (Å²) in [5, 5.41) is -0.0709. The molecule has 80 valence electrons. The summed E-state index contributed by atoms with van der Waals surface area (Å²) >= 11 is 5.54. The van der Waals surface area contributed by atoms with Gasteiger partial charge in [0.05, 0.1) is 0 Å². The fourth-order valence-corrected chi connectivity index (χ4v) is 1.11. The minimum absolute atomic E-state index is 0.0709. The lowest BCUT2D eigenvalue weighted by atomic mass is 10.2. The van der Waals surface area contributed by atoms with Gasteiger partial charge in [0.1, 0.15) is 12.9 Å². The summed E-state index contributed by atoms with van der Waals surface area (Å²) in [6, 6.07) is 9.60. The van der Waals surface area contributed by atoms with Gasteiger partial charge in [-0.1, -0.05) is 30.3 Å². The highest BCUT2D eigenvalue weighted by molar-refractivity contribution is 6.28. The summed E-state index contributed by atoms with van der Waals surface area (Å²) in [6.07, 6.45) is 1.20. The first kappa shape index (κ1) is 11.6. The molecule has 0 heterocycles. The molecule has 0 spiro atoms. The quantitative estimate of drug-likeness (QED) is 0.585. The first-order chi connectivity index (χ1) is 7.18. The number of carbonyl (C=O) groups excluding carboxylic acids is 1. The molecule has 1 rings (SSSR count). The molecule has 0 saturated heterocycles. The highest BCUT2D eigenvalue weighted by atomic mass is 35.5. The molecule has 0 atom stereocenters. The van der Waals surface area contributed by atoms with E-state index in [-0.39, 0.29) is 5.22 Å². The monoisotopic (exact) mass is 226 g/mol. The van der Waals surface area contributed by atoms with Crippen LogP contribution in [-0.2, 0) is 20.9 Å². The molecule has 0 aliphatic carbocycles. The molecule has 1 aromatic carbocycles. The normalized spacial score (nSPS) is 10.9. The number of halogens is 1. The van der Waals surface area contributed by atoms with Crippen molar-refractivity contribution in [2.24, 2.45) is 0 Å². The van der Waals surface area contributed by atoms with Gasteiger partial charge >= 0.3 is 5.97 Å². The fraction of sp³-hybridized carbons (Fsp3) is 0.182. The van der Waals surface area contributed by atoms with Crippen LogP contribution < -0.4 is 0 Å². The van der Waals surface area contributed by atoms with Crippen molar-refractivity contribution in [3.8, 4) is 0 Å². The van der Waals surface area contributed by atoms with Gasteiger partial charge in [-0.25, -0.2) is 0 Å². The second-order valence-electron chi connectivity index (χ2n) is 2.81. The van der Waals surface area contributed by atoms with Crippen molar-refractivity contribution in [3.05, 3.63) is 47.4 Å². The van der Waals surface area contributed by atoms with Crippen molar-refractivity contribution in [2.45, 2.75) is 13.5 Å². The highest BCUT2D eigenvalue weighted by Gasteiger charge is 1.97. The van der Waals surface area contributed by atoms with Crippen LogP contribution in [0.3, 0.4) is 0 Å². The van der Waals surface area contributed by atoms with Gasteiger partial charge in [-0.15, -0.1) is 0 Å². The lowest BCUT2D eigenvalue weighted by Crippen LogP contribution is -1.95. The number of esters is 1. The largest absolute Gasteiger partial charge is 0.492 e. The molecule has 0 fully saturated rings. The van der Waals surface area contributed by atoms with E-state index in [9.17, 15) is 4.79 Å². The predicted octanol–water partition coefficient (Wildman–Crippen LogP) is 2.80. The van der Waals surface area contributed by atoms with Gasteiger partial charge < -0.3 is 9.47 Å². The van der Waals surface area contributed by atoms with Crippen molar-refractivity contribution in [3.63, 3.8) is 0 Å². The van der Waals surface area contributed by atoms with Crippen LogP contribution in [0.25, 0.3) is 0 Å². The van der Waals surface area contributed by atoms with Crippen LogP contribution in [0.2, 0.25) is 0 Å². The Balaban J connectivity index is 2.35.